The van der Waals surface area contributed by atoms with E-state index in [9.17, 15) is 9.18 Å². The lowest BCUT2D eigenvalue weighted by Gasteiger charge is -2.16. The number of pyridine rings is 1. The Bertz CT molecular complexity index is 1410. The fraction of sp³-hybridized carbons (Fsp3) is 0.0769. The number of carbonyl (C=O) groups is 1. The topological polar surface area (TPSA) is 72.7 Å². The van der Waals surface area contributed by atoms with Gasteiger partial charge in [-0.1, -0.05) is 30.3 Å². The molecule has 0 saturated heterocycles. The molecule has 1 amide bonds. The van der Waals surface area contributed by atoms with E-state index in [1.807, 2.05) is 55.5 Å². The number of para-hydroxylation sites is 1. The molecule has 6 nitrogen and oxygen atoms in total. The van der Waals surface area contributed by atoms with Crippen LogP contribution in [-0.4, -0.2) is 25.7 Å². The van der Waals surface area contributed by atoms with Crippen LogP contribution in [0.25, 0.3) is 27.8 Å². The van der Waals surface area contributed by atoms with Crippen LogP contribution in [0.3, 0.4) is 0 Å². The summed E-state index contributed by atoms with van der Waals surface area (Å²) in [5, 5.41) is 7.97. The molecule has 0 bridgehead atoms. The van der Waals surface area contributed by atoms with Crippen molar-refractivity contribution in [2.24, 2.45) is 0 Å². The Hall–Kier alpha value is -4.39. The minimum absolute atomic E-state index is 0.204. The predicted octanol–water partition coefficient (Wildman–Crippen LogP) is 5.11. The molecule has 0 aliphatic heterocycles. The van der Waals surface area contributed by atoms with Crippen molar-refractivity contribution in [1.82, 2.24) is 25.1 Å². The molecule has 162 valence electrons. The maximum Gasteiger partial charge on any atom is 0.252 e. The average Bonchev–Trinajstić information content (AvgIpc) is 3.39. The molecule has 2 heterocycles. The zero-order chi connectivity index (χ0) is 22.8. The highest BCUT2D eigenvalue weighted by Crippen LogP contribution is 2.26. The second kappa shape index (κ2) is 8.63. The van der Waals surface area contributed by atoms with Crippen molar-refractivity contribution in [2.75, 3.05) is 0 Å². The summed E-state index contributed by atoms with van der Waals surface area (Å²) in [4.78, 5) is 21.9. The number of amides is 1. The standard InChI is InChI=1S/C26H20FN5O/c1-17(18-8-12-21(13-9-18)32-16-28-15-29-32)30-26(33)23-14-25(19-6-10-20(27)11-7-19)31-24-5-3-2-4-22(23)24/h2-17H,1H3,(H,30,33). The molecule has 5 rings (SSSR count). The number of carbonyl (C=O) groups excluding carboxylic acids is 1. The molecule has 1 atom stereocenters. The van der Waals surface area contributed by atoms with Crippen molar-refractivity contribution >= 4 is 16.8 Å². The molecule has 1 N–H and O–H groups in total. The van der Waals surface area contributed by atoms with Gasteiger partial charge in [-0.25, -0.2) is 19.0 Å². The predicted molar refractivity (Wildman–Crippen MR) is 124 cm³/mol. The quantitative estimate of drug-likeness (QED) is 0.415. The second-order valence-electron chi connectivity index (χ2n) is 7.71. The van der Waals surface area contributed by atoms with Gasteiger partial charge in [0.2, 0.25) is 0 Å². The summed E-state index contributed by atoms with van der Waals surface area (Å²) in [7, 11) is 0. The van der Waals surface area contributed by atoms with Gasteiger partial charge in [-0.2, -0.15) is 5.10 Å². The van der Waals surface area contributed by atoms with Gasteiger partial charge in [0.25, 0.3) is 5.91 Å². The fourth-order valence-corrected chi connectivity index (χ4v) is 3.75. The Morgan fingerprint density at radius 3 is 2.48 bits per heavy atom. The highest BCUT2D eigenvalue weighted by atomic mass is 19.1. The molecule has 0 fully saturated rings. The van der Waals surface area contributed by atoms with Gasteiger partial charge in [0.05, 0.1) is 28.5 Å². The molecular formula is C26H20FN5O. The number of fused-ring (bicyclic) bond motifs is 1. The van der Waals surface area contributed by atoms with E-state index >= 15 is 0 Å². The zero-order valence-corrected chi connectivity index (χ0v) is 17.8. The molecule has 3 aromatic carbocycles. The lowest BCUT2D eigenvalue weighted by molar-refractivity contribution is 0.0941. The van der Waals surface area contributed by atoms with Gasteiger partial charge in [-0.05, 0) is 61.0 Å². The van der Waals surface area contributed by atoms with Gasteiger partial charge < -0.3 is 5.32 Å². The smallest absolute Gasteiger partial charge is 0.252 e. The molecule has 0 saturated carbocycles. The zero-order valence-electron chi connectivity index (χ0n) is 17.8. The highest BCUT2D eigenvalue weighted by molar-refractivity contribution is 6.07. The van der Waals surface area contributed by atoms with Crippen molar-refractivity contribution < 1.29 is 9.18 Å². The minimum atomic E-state index is -0.318. The lowest BCUT2D eigenvalue weighted by Crippen LogP contribution is -2.27. The van der Waals surface area contributed by atoms with Crippen LogP contribution in [0.15, 0.2) is 91.5 Å². The molecule has 0 aliphatic carbocycles. The summed E-state index contributed by atoms with van der Waals surface area (Å²) in [5.74, 6) is -0.522. The molecule has 0 radical (unpaired) electrons. The van der Waals surface area contributed by atoms with Gasteiger partial charge in [0, 0.05) is 10.9 Å². The molecule has 5 aromatic rings. The number of hydrogen-bond donors (Lipinski definition) is 1. The van der Waals surface area contributed by atoms with E-state index in [1.165, 1.54) is 18.5 Å². The summed E-state index contributed by atoms with van der Waals surface area (Å²) < 4.78 is 15.1. The molecule has 33 heavy (non-hydrogen) atoms. The molecule has 2 aromatic heterocycles. The SMILES string of the molecule is CC(NC(=O)c1cc(-c2ccc(F)cc2)nc2ccccc12)c1ccc(-n2cncn2)cc1. The molecule has 0 spiro atoms. The summed E-state index contributed by atoms with van der Waals surface area (Å²) in [6.45, 7) is 1.94. The summed E-state index contributed by atoms with van der Waals surface area (Å²) in [6.07, 6.45) is 3.11. The lowest BCUT2D eigenvalue weighted by atomic mass is 10.0. The first-order chi connectivity index (χ1) is 16.1. The van der Waals surface area contributed by atoms with Gasteiger partial charge in [0.1, 0.15) is 18.5 Å². The monoisotopic (exact) mass is 437 g/mol. The molecule has 7 heteroatoms. The van der Waals surface area contributed by atoms with Crippen LogP contribution >= 0.6 is 0 Å². The van der Waals surface area contributed by atoms with E-state index in [0.717, 1.165) is 22.2 Å². The molecule has 1 unspecified atom stereocenters. The van der Waals surface area contributed by atoms with Crippen molar-refractivity contribution in [3.05, 3.63) is 108 Å². The maximum absolute atomic E-state index is 13.4. The number of nitrogens with one attached hydrogen (secondary N) is 1. The van der Waals surface area contributed by atoms with Crippen LogP contribution in [0.5, 0.6) is 0 Å². The van der Waals surface area contributed by atoms with Gasteiger partial charge in [0.15, 0.2) is 0 Å². The van der Waals surface area contributed by atoms with E-state index in [-0.39, 0.29) is 17.8 Å². The van der Waals surface area contributed by atoms with E-state index in [2.05, 4.69) is 20.4 Å². The number of aromatic nitrogens is 4. The Balaban J connectivity index is 1.44. The van der Waals surface area contributed by atoms with Crippen molar-refractivity contribution in [2.45, 2.75) is 13.0 Å². The third kappa shape index (κ3) is 4.21. The van der Waals surface area contributed by atoms with Crippen LogP contribution in [0.4, 0.5) is 4.39 Å². The number of rotatable bonds is 5. The fourth-order valence-electron chi connectivity index (χ4n) is 3.75. The Labute approximate surface area is 189 Å². The summed E-state index contributed by atoms with van der Waals surface area (Å²) in [6, 6.07) is 22.9. The average molecular weight is 437 g/mol. The largest absolute Gasteiger partial charge is 0.345 e. The third-order valence-corrected chi connectivity index (χ3v) is 5.52. The van der Waals surface area contributed by atoms with E-state index in [4.69, 9.17) is 0 Å². The van der Waals surface area contributed by atoms with E-state index in [0.29, 0.717) is 16.8 Å². The van der Waals surface area contributed by atoms with Crippen LogP contribution in [-0.2, 0) is 0 Å². The Kier molecular flexibility index (Phi) is 5.36. The van der Waals surface area contributed by atoms with Gasteiger partial charge in [-0.15, -0.1) is 0 Å². The normalized spacial score (nSPS) is 11.9. The first-order valence-electron chi connectivity index (χ1n) is 10.5. The highest BCUT2D eigenvalue weighted by Gasteiger charge is 2.17. The van der Waals surface area contributed by atoms with Crippen LogP contribution in [0.1, 0.15) is 28.9 Å². The van der Waals surface area contributed by atoms with Gasteiger partial charge in [-0.3, -0.25) is 4.79 Å². The number of halogens is 1. The summed E-state index contributed by atoms with van der Waals surface area (Å²) >= 11 is 0. The summed E-state index contributed by atoms with van der Waals surface area (Å²) in [5.41, 5.74) is 4.43. The number of nitrogens with zero attached hydrogens (tertiary/aromatic N) is 4. The number of benzene rings is 3. The van der Waals surface area contributed by atoms with E-state index in [1.54, 1.807) is 29.2 Å². The van der Waals surface area contributed by atoms with Crippen LogP contribution in [0, 0.1) is 5.82 Å². The van der Waals surface area contributed by atoms with Crippen molar-refractivity contribution in [3.8, 4) is 16.9 Å². The molecule has 0 aliphatic rings. The van der Waals surface area contributed by atoms with E-state index < -0.39 is 0 Å². The Morgan fingerprint density at radius 1 is 1.00 bits per heavy atom. The first kappa shape index (κ1) is 20.5. The number of hydrogen-bond acceptors (Lipinski definition) is 4. The molecular weight excluding hydrogens is 417 g/mol. The maximum atomic E-state index is 13.4. The van der Waals surface area contributed by atoms with Crippen LogP contribution < -0.4 is 5.32 Å². The minimum Gasteiger partial charge on any atom is -0.345 e. The van der Waals surface area contributed by atoms with Crippen LogP contribution in [0.2, 0.25) is 0 Å². The Morgan fingerprint density at radius 2 is 1.76 bits per heavy atom. The van der Waals surface area contributed by atoms with Gasteiger partial charge >= 0.3 is 0 Å². The van der Waals surface area contributed by atoms with Crippen molar-refractivity contribution in [3.63, 3.8) is 0 Å². The first-order valence-corrected chi connectivity index (χ1v) is 10.5. The van der Waals surface area contributed by atoms with Crippen molar-refractivity contribution in [1.29, 1.82) is 0 Å². The second-order valence-corrected chi connectivity index (χ2v) is 7.71. The third-order valence-electron chi connectivity index (χ3n) is 5.52.